The van der Waals surface area contributed by atoms with Crippen LogP contribution < -0.4 is 15.4 Å². The van der Waals surface area contributed by atoms with Gasteiger partial charge in [-0.3, -0.25) is 4.79 Å². The molecule has 0 bridgehead atoms. The van der Waals surface area contributed by atoms with Crippen molar-refractivity contribution in [1.82, 2.24) is 14.9 Å². The summed E-state index contributed by atoms with van der Waals surface area (Å²) in [6.45, 7) is 5.54. The minimum absolute atomic E-state index is 0.283. The minimum Gasteiger partial charge on any atom is -0.437 e. The first-order valence-electron chi connectivity index (χ1n) is 11.3. The first kappa shape index (κ1) is 22.8. The number of hydrogen-bond donors (Lipinski definition) is 2. The van der Waals surface area contributed by atoms with E-state index in [0.717, 1.165) is 35.4 Å². The van der Waals surface area contributed by atoms with E-state index in [9.17, 15) is 4.79 Å². The molecule has 0 spiro atoms. The monoisotopic (exact) mass is 483 g/mol. The van der Waals surface area contributed by atoms with E-state index < -0.39 is 0 Å². The van der Waals surface area contributed by atoms with Crippen molar-refractivity contribution >= 4 is 50.4 Å². The van der Waals surface area contributed by atoms with Gasteiger partial charge < -0.3 is 20.3 Å². The summed E-state index contributed by atoms with van der Waals surface area (Å²) in [5.74, 6) is 1.18. The summed E-state index contributed by atoms with van der Waals surface area (Å²) in [5, 5.41) is 8.00. The highest BCUT2D eigenvalue weighted by Gasteiger charge is 2.13. The first-order valence-corrected chi connectivity index (χ1v) is 12.2. The van der Waals surface area contributed by atoms with E-state index in [0.29, 0.717) is 23.3 Å². The zero-order chi connectivity index (χ0) is 24.2. The summed E-state index contributed by atoms with van der Waals surface area (Å²) in [4.78, 5) is 23.2. The average Bonchev–Trinajstić information content (AvgIpc) is 3.34. The van der Waals surface area contributed by atoms with Crippen LogP contribution in [0.2, 0.25) is 0 Å². The minimum atomic E-state index is -0.283. The molecule has 0 fully saturated rings. The normalized spacial score (nSPS) is 13.8. The highest BCUT2D eigenvalue weighted by Crippen LogP contribution is 2.34. The van der Waals surface area contributed by atoms with E-state index in [1.165, 1.54) is 28.5 Å². The van der Waals surface area contributed by atoms with Crippen molar-refractivity contribution in [3.63, 3.8) is 0 Å². The van der Waals surface area contributed by atoms with Crippen LogP contribution in [0.15, 0.2) is 78.7 Å². The highest BCUT2D eigenvalue weighted by molar-refractivity contribution is 7.17. The molecule has 7 nitrogen and oxygen atoms in total. The molecule has 1 amide bonds. The maximum absolute atomic E-state index is 11.6. The van der Waals surface area contributed by atoms with Crippen molar-refractivity contribution in [2.75, 3.05) is 30.8 Å². The van der Waals surface area contributed by atoms with Crippen molar-refractivity contribution in [1.29, 1.82) is 0 Å². The van der Waals surface area contributed by atoms with Gasteiger partial charge >= 0.3 is 0 Å². The number of hydrogen-bond acceptors (Lipinski definition) is 7. The molecule has 8 heteroatoms. The molecule has 0 radical (unpaired) electrons. The number of carbonyl (C=O) groups is 1. The van der Waals surface area contributed by atoms with Crippen LogP contribution >= 0.6 is 11.3 Å². The molecule has 5 rings (SSSR count). The molecule has 35 heavy (non-hydrogen) atoms. The lowest BCUT2D eigenvalue weighted by molar-refractivity contribution is -0.111. The predicted molar refractivity (Wildman–Crippen MR) is 143 cm³/mol. The van der Waals surface area contributed by atoms with Gasteiger partial charge in [0.2, 0.25) is 17.7 Å². The number of fused-ring (bicyclic) bond motifs is 1. The number of thiophene rings is 1. The number of aromatic nitrogens is 2. The number of nitrogens with zero attached hydrogens (tertiary/aromatic N) is 3. The number of amides is 1. The van der Waals surface area contributed by atoms with Crippen molar-refractivity contribution < 1.29 is 9.53 Å². The Morgan fingerprint density at radius 1 is 1.14 bits per heavy atom. The summed E-state index contributed by atoms with van der Waals surface area (Å²) in [6.07, 6.45) is 4.57. The molecule has 0 unspecified atom stereocenters. The summed E-state index contributed by atoms with van der Waals surface area (Å²) in [5.41, 5.74) is 4.93. The molecule has 1 aliphatic heterocycles. The van der Waals surface area contributed by atoms with Crippen LogP contribution in [0.5, 0.6) is 11.6 Å². The number of ether oxygens (including phenoxy) is 1. The molecule has 2 aromatic carbocycles. The lowest BCUT2D eigenvalue weighted by Crippen LogP contribution is -2.23. The molecule has 0 aliphatic carbocycles. The lowest BCUT2D eigenvalue weighted by atomic mass is 9.99. The third-order valence-corrected chi connectivity index (χ3v) is 6.59. The number of benzene rings is 2. The molecule has 2 N–H and O–H groups in total. The molecular formula is C27H25N5O2S. The van der Waals surface area contributed by atoms with Gasteiger partial charge in [-0.1, -0.05) is 30.9 Å². The fourth-order valence-electron chi connectivity index (χ4n) is 3.83. The van der Waals surface area contributed by atoms with Gasteiger partial charge in [0.15, 0.2) is 0 Å². The van der Waals surface area contributed by atoms with Crippen molar-refractivity contribution in [2.45, 2.75) is 6.42 Å². The SMILES string of the molecule is C=CC(=O)Nc1cccc(Oc2nc(Nc3ccc(C4=CCN(C)CC4)cc3)nc3ccsc23)c1. The third-order valence-electron chi connectivity index (χ3n) is 5.70. The summed E-state index contributed by atoms with van der Waals surface area (Å²) >= 11 is 1.51. The lowest BCUT2D eigenvalue weighted by Gasteiger charge is -2.22. The second-order valence-electron chi connectivity index (χ2n) is 8.25. The van der Waals surface area contributed by atoms with E-state index in [-0.39, 0.29) is 5.91 Å². The number of carbonyl (C=O) groups excluding carboxylic acids is 1. The Kier molecular flexibility index (Phi) is 6.56. The van der Waals surface area contributed by atoms with Gasteiger partial charge in [0.1, 0.15) is 10.4 Å². The molecule has 4 aromatic rings. The van der Waals surface area contributed by atoms with Gasteiger partial charge in [-0.05, 0) is 66.4 Å². The average molecular weight is 484 g/mol. The van der Waals surface area contributed by atoms with Crippen LogP contribution in [0.3, 0.4) is 0 Å². The largest absolute Gasteiger partial charge is 0.437 e. The molecule has 2 aromatic heterocycles. The van der Waals surface area contributed by atoms with Crippen LogP contribution in [0.1, 0.15) is 12.0 Å². The fourth-order valence-corrected chi connectivity index (χ4v) is 4.59. The van der Waals surface area contributed by atoms with Crippen LogP contribution in [0.25, 0.3) is 15.8 Å². The fraction of sp³-hybridized carbons (Fsp3) is 0.148. The molecular weight excluding hydrogens is 458 g/mol. The molecule has 0 atom stereocenters. The van der Waals surface area contributed by atoms with Crippen molar-refractivity contribution in [3.8, 4) is 11.6 Å². The topological polar surface area (TPSA) is 79.4 Å². The van der Waals surface area contributed by atoms with E-state index in [1.54, 1.807) is 18.2 Å². The Hall–Kier alpha value is -4.01. The van der Waals surface area contributed by atoms with Crippen LogP contribution in [-0.2, 0) is 4.79 Å². The Bertz CT molecular complexity index is 1410. The van der Waals surface area contributed by atoms with Gasteiger partial charge in [0.05, 0.1) is 5.52 Å². The summed E-state index contributed by atoms with van der Waals surface area (Å²) in [6, 6.07) is 17.4. The molecule has 0 saturated carbocycles. The zero-order valence-electron chi connectivity index (χ0n) is 19.3. The zero-order valence-corrected chi connectivity index (χ0v) is 20.1. The summed E-state index contributed by atoms with van der Waals surface area (Å²) < 4.78 is 6.97. The standard InChI is InChI=1S/C27H25N5O2S/c1-3-24(33)28-21-5-4-6-22(17-21)34-26-25-23(13-16-35-25)30-27(31-26)29-20-9-7-18(8-10-20)19-11-14-32(2)15-12-19/h3-11,13,16-17H,1,12,14-15H2,2H3,(H,28,33)(H,29,30,31). The maximum atomic E-state index is 11.6. The van der Waals surface area contributed by atoms with Crippen LogP contribution in [-0.4, -0.2) is 40.9 Å². The van der Waals surface area contributed by atoms with Crippen molar-refractivity contribution in [2.24, 2.45) is 0 Å². The Morgan fingerprint density at radius 2 is 2.00 bits per heavy atom. The molecule has 3 heterocycles. The Balaban J connectivity index is 1.37. The predicted octanol–water partition coefficient (Wildman–Crippen LogP) is 6.07. The van der Waals surface area contributed by atoms with E-state index in [4.69, 9.17) is 4.74 Å². The van der Waals surface area contributed by atoms with Gasteiger partial charge in [-0.2, -0.15) is 4.98 Å². The van der Waals surface area contributed by atoms with Crippen LogP contribution in [0, 0.1) is 0 Å². The number of likely N-dealkylation sites (N-methyl/N-ethyl adjacent to an activating group) is 1. The first-order chi connectivity index (χ1) is 17.1. The molecule has 176 valence electrons. The smallest absolute Gasteiger partial charge is 0.247 e. The number of nitrogens with one attached hydrogen (secondary N) is 2. The second-order valence-corrected chi connectivity index (χ2v) is 9.17. The van der Waals surface area contributed by atoms with Gasteiger partial charge in [0, 0.05) is 30.5 Å². The maximum Gasteiger partial charge on any atom is 0.247 e. The van der Waals surface area contributed by atoms with E-state index in [2.05, 4.69) is 57.3 Å². The van der Waals surface area contributed by atoms with Gasteiger partial charge in [0.25, 0.3) is 0 Å². The number of anilines is 3. The van der Waals surface area contributed by atoms with E-state index >= 15 is 0 Å². The quantitative estimate of drug-likeness (QED) is 0.311. The van der Waals surface area contributed by atoms with Crippen LogP contribution in [0.4, 0.5) is 17.3 Å². The molecule has 0 saturated heterocycles. The highest BCUT2D eigenvalue weighted by atomic mass is 32.1. The van der Waals surface area contributed by atoms with Crippen molar-refractivity contribution in [3.05, 3.63) is 84.3 Å². The van der Waals surface area contributed by atoms with E-state index in [1.807, 2.05) is 29.6 Å². The van der Waals surface area contributed by atoms with Gasteiger partial charge in [-0.15, -0.1) is 11.3 Å². The van der Waals surface area contributed by atoms with Gasteiger partial charge in [-0.25, -0.2) is 4.98 Å². The Morgan fingerprint density at radius 3 is 2.77 bits per heavy atom. The Labute approximate surface area is 207 Å². The number of rotatable bonds is 7. The third kappa shape index (κ3) is 5.40. The molecule has 1 aliphatic rings. The summed E-state index contributed by atoms with van der Waals surface area (Å²) in [7, 11) is 2.14. The second kappa shape index (κ2) is 10.1.